The van der Waals surface area contributed by atoms with Crippen LogP contribution >= 0.6 is 11.8 Å². The number of para-hydroxylation sites is 1. The molecule has 0 aromatic heterocycles. The molecule has 0 saturated carbocycles. The number of carbonyl (C=O) groups is 2. The summed E-state index contributed by atoms with van der Waals surface area (Å²) in [4.78, 5) is 26.9. The molecule has 0 unspecified atom stereocenters. The highest BCUT2D eigenvalue weighted by molar-refractivity contribution is 7.99. The molecule has 2 amide bonds. The average Bonchev–Trinajstić information content (AvgIpc) is 3.36. The maximum absolute atomic E-state index is 12.5. The van der Waals surface area contributed by atoms with Crippen LogP contribution in [0.2, 0.25) is 0 Å². The van der Waals surface area contributed by atoms with Gasteiger partial charge in [-0.15, -0.1) is 11.8 Å². The molecule has 1 aromatic carbocycles. The van der Waals surface area contributed by atoms with Gasteiger partial charge in [0.1, 0.15) is 0 Å². The van der Waals surface area contributed by atoms with Crippen molar-refractivity contribution in [2.24, 2.45) is 5.92 Å². The van der Waals surface area contributed by atoms with Crippen LogP contribution < -0.4 is 20.1 Å². The molecule has 7 nitrogen and oxygen atoms in total. The van der Waals surface area contributed by atoms with E-state index in [2.05, 4.69) is 10.6 Å². The number of rotatable bonds is 6. The quantitative estimate of drug-likeness (QED) is 0.766. The predicted molar refractivity (Wildman–Crippen MR) is 101 cm³/mol. The summed E-state index contributed by atoms with van der Waals surface area (Å²) >= 11 is 1.79. The summed E-state index contributed by atoms with van der Waals surface area (Å²) in [5.41, 5.74) is 0.444. The van der Waals surface area contributed by atoms with Gasteiger partial charge in [0.15, 0.2) is 11.5 Å². The molecular formula is C18H25N3O4S. The minimum atomic E-state index is -0.202. The Morgan fingerprint density at radius 3 is 2.88 bits per heavy atom. The number of hydrogen-bond donors (Lipinski definition) is 2. The standard InChI is InChI=1S/C18H25N3O4S/c1-24-15-5-3-4-13(16(15)25-2)17(22)20-10-12-8-14(19-9-12)18(23)21-6-7-26-11-21/h3-5,12,14,19H,6-11H2,1-2H3,(H,20,22)/t12-,14-/m0/s1. The second-order valence-electron chi connectivity index (χ2n) is 6.45. The molecule has 2 N–H and O–H groups in total. The average molecular weight is 379 g/mol. The summed E-state index contributed by atoms with van der Waals surface area (Å²) < 4.78 is 10.6. The number of hydrogen-bond acceptors (Lipinski definition) is 6. The lowest BCUT2D eigenvalue weighted by Gasteiger charge is -2.19. The Morgan fingerprint density at radius 2 is 2.19 bits per heavy atom. The number of amides is 2. The molecule has 0 bridgehead atoms. The number of methoxy groups -OCH3 is 2. The number of benzene rings is 1. The largest absolute Gasteiger partial charge is 0.493 e. The lowest BCUT2D eigenvalue weighted by atomic mass is 10.0. The Balaban J connectivity index is 1.53. The zero-order valence-electron chi connectivity index (χ0n) is 15.1. The maximum Gasteiger partial charge on any atom is 0.255 e. The van der Waals surface area contributed by atoms with Crippen LogP contribution in [0.4, 0.5) is 0 Å². The summed E-state index contributed by atoms with van der Waals surface area (Å²) in [6, 6.07) is 5.09. The van der Waals surface area contributed by atoms with Gasteiger partial charge in [-0.25, -0.2) is 0 Å². The SMILES string of the molecule is COc1cccc(C(=O)NC[C@@H]2CN[C@H](C(=O)N3CCSC3)C2)c1OC. The number of nitrogens with one attached hydrogen (secondary N) is 2. The zero-order chi connectivity index (χ0) is 18.5. The fourth-order valence-corrected chi connectivity index (χ4v) is 4.31. The van der Waals surface area contributed by atoms with E-state index in [1.165, 1.54) is 7.11 Å². The maximum atomic E-state index is 12.5. The summed E-state index contributed by atoms with van der Waals surface area (Å²) in [7, 11) is 3.06. The normalized spacial score (nSPS) is 22.3. The molecule has 2 atom stereocenters. The summed E-state index contributed by atoms with van der Waals surface area (Å²) in [6.07, 6.45) is 0.746. The second-order valence-corrected chi connectivity index (χ2v) is 7.53. The topological polar surface area (TPSA) is 79.9 Å². The van der Waals surface area contributed by atoms with Gasteiger partial charge in [0, 0.05) is 25.4 Å². The molecule has 142 valence electrons. The molecule has 1 aromatic rings. The van der Waals surface area contributed by atoms with E-state index in [4.69, 9.17) is 9.47 Å². The van der Waals surface area contributed by atoms with Gasteiger partial charge in [0.25, 0.3) is 5.91 Å². The fourth-order valence-electron chi connectivity index (χ4n) is 3.36. The van der Waals surface area contributed by atoms with E-state index in [1.54, 1.807) is 37.1 Å². The Kier molecular flexibility index (Phi) is 6.26. The van der Waals surface area contributed by atoms with Crippen LogP contribution in [0.1, 0.15) is 16.8 Å². The molecule has 0 spiro atoms. The highest BCUT2D eigenvalue weighted by Gasteiger charge is 2.33. The van der Waals surface area contributed by atoms with Crippen molar-refractivity contribution in [2.75, 3.05) is 45.5 Å². The number of carbonyl (C=O) groups excluding carboxylic acids is 2. The van der Waals surface area contributed by atoms with Crippen molar-refractivity contribution in [1.82, 2.24) is 15.5 Å². The van der Waals surface area contributed by atoms with Gasteiger partial charge in [0.05, 0.1) is 31.7 Å². The smallest absolute Gasteiger partial charge is 0.255 e. The van der Waals surface area contributed by atoms with Gasteiger partial charge in [-0.3, -0.25) is 9.59 Å². The first kappa shape index (κ1) is 18.8. The number of thioether (sulfide) groups is 1. The fraction of sp³-hybridized carbons (Fsp3) is 0.556. The van der Waals surface area contributed by atoms with E-state index in [1.807, 2.05) is 4.90 Å². The first-order valence-electron chi connectivity index (χ1n) is 8.73. The van der Waals surface area contributed by atoms with E-state index in [0.717, 1.165) is 31.1 Å². The molecule has 2 heterocycles. The molecular weight excluding hydrogens is 354 g/mol. The Bertz CT molecular complexity index is 664. The first-order chi connectivity index (χ1) is 12.6. The van der Waals surface area contributed by atoms with Gasteiger partial charge in [-0.05, 0) is 24.5 Å². The van der Waals surface area contributed by atoms with Crippen LogP contribution in [0.3, 0.4) is 0 Å². The van der Waals surface area contributed by atoms with Crippen LogP contribution in [-0.2, 0) is 4.79 Å². The van der Waals surface area contributed by atoms with Gasteiger partial charge < -0.3 is 25.0 Å². The number of ether oxygens (including phenoxy) is 2. The van der Waals surface area contributed by atoms with Crippen molar-refractivity contribution in [1.29, 1.82) is 0 Å². The van der Waals surface area contributed by atoms with Gasteiger partial charge in [-0.2, -0.15) is 0 Å². The van der Waals surface area contributed by atoms with Crippen LogP contribution in [0.5, 0.6) is 11.5 Å². The van der Waals surface area contributed by atoms with Crippen LogP contribution in [0, 0.1) is 5.92 Å². The van der Waals surface area contributed by atoms with E-state index in [-0.39, 0.29) is 23.8 Å². The van der Waals surface area contributed by atoms with E-state index in [9.17, 15) is 9.59 Å². The van der Waals surface area contributed by atoms with Crippen LogP contribution in [0.25, 0.3) is 0 Å². The van der Waals surface area contributed by atoms with E-state index < -0.39 is 0 Å². The van der Waals surface area contributed by atoms with Crippen molar-refractivity contribution in [3.63, 3.8) is 0 Å². The monoisotopic (exact) mass is 379 g/mol. The molecule has 26 heavy (non-hydrogen) atoms. The summed E-state index contributed by atoms with van der Waals surface area (Å²) in [6.45, 7) is 2.08. The number of nitrogens with zero attached hydrogens (tertiary/aromatic N) is 1. The van der Waals surface area contributed by atoms with Crippen molar-refractivity contribution < 1.29 is 19.1 Å². The Labute approximate surface area is 157 Å². The van der Waals surface area contributed by atoms with Crippen molar-refractivity contribution in [3.05, 3.63) is 23.8 Å². The van der Waals surface area contributed by atoms with Gasteiger partial charge in [-0.1, -0.05) is 6.07 Å². The molecule has 2 fully saturated rings. The van der Waals surface area contributed by atoms with Crippen molar-refractivity contribution in [2.45, 2.75) is 12.5 Å². The lowest BCUT2D eigenvalue weighted by molar-refractivity contribution is -0.131. The molecule has 2 saturated heterocycles. The molecule has 2 aliphatic heterocycles. The molecule has 2 aliphatic rings. The highest BCUT2D eigenvalue weighted by atomic mass is 32.2. The predicted octanol–water partition coefficient (Wildman–Crippen LogP) is 0.945. The van der Waals surface area contributed by atoms with Crippen LogP contribution in [-0.4, -0.2) is 68.2 Å². The highest BCUT2D eigenvalue weighted by Crippen LogP contribution is 2.30. The Morgan fingerprint density at radius 1 is 1.35 bits per heavy atom. The molecule has 8 heteroatoms. The summed E-state index contributed by atoms with van der Waals surface area (Å²) in [5.74, 6) is 2.96. The zero-order valence-corrected chi connectivity index (χ0v) is 15.9. The third kappa shape index (κ3) is 4.07. The van der Waals surface area contributed by atoms with Crippen molar-refractivity contribution >= 4 is 23.6 Å². The molecule has 0 aliphatic carbocycles. The van der Waals surface area contributed by atoms with E-state index >= 15 is 0 Å². The van der Waals surface area contributed by atoms with Crippen LogP contribution in [0.15, 0.2) is 18.2 Å². The van der Waals surface area contributed by atoms with Gasteiger partial charge in [0.2, 0.25) is 5.91 Å². The second kappa shape index (κ2) is 8.64. The minimum Gasteiger partial charge on any atom is -0.493 e. The lowest BCUT2D eigenvalue weighted by Crippen LogP contribution is -2.42. The van der Waals surface area contributed by atoms with E-state index in [0.29, 0.717) is 23.6 Å². The minimum absolute atomic E-state index is 0.137. The Hall–Kier alpha value is -1.93. The molecule has 0 radical (unpaired) electrons. The van der Waals surface area contributed by atoms with Gasteiger partial charge >= 0.3 is 0 Å². The van der Waals surface area contributed by atoms with Crippen molar-refractivity contribution in [3.8, 4) is 11.5 Å². The first-order valence-corrected chi connectivity index (χ1v) is 9.88. The third-order valence-electron chi connectivity index (χ3n) is 4.78. The molecule has 3 rings (SSSR count). The third-order valence-corrected chi connectivity index (χ3v) is 5.75. The summed E-state index contributed by atoms with van der Waals surface area (Å²) in [5, 5.41) is 6.24.